The minimum atomic E-state index is -0.443. The van der Waals surface area contributed by atoms with Crippen LogP contribution in [0.25, 0.3) is 21.7 Å². The Morgan fingerprint density at radius 1 is 1.00 bits per heavy atom. The number of hydrogen-bond donors (Lipinski definition) is 0. The summed E-state index contributed by atoms with van der Waals surface area (Å²) in [6.45, 7) is 2.98. The molecule has 116 valence electrons. The van der Waals surface area contributed by atoms with E-state index in [0.29, 0.717) is 10.4 Å². The third-order valence-corrected chi connectivity index (χ3v) is 5.00. The Balaban J connectivity index is 1.89. The van der Waals surface area contributed by atoms with E-state index in [2.05, 4.69) is 4.98 Å². The molecule has 0 unspecified atom stereocenters. The van der Waals surface area contributed by atoms with Gasteiger partial charge in [-0.2, -0.15) is 0 Å². The molecule has 0 aliphatic rings. The second-order valence-electron chi connectivity index (χ2n) is 5.40. The van der Waals surface area contributed by atoms with Crippen LogP contribution in [0.1, 0.15) is 27.9 Å². The van der Waals surface area contributed by atoms with Crippen LogP contribution in [0.4, 0.5) is 4.39 Å². The molecule has 0 spiro atoms. The number of rotatable bonds is 4. The monoisotopic (exact) mass is 325 g/mol. The van der Waals surface area contributed by atoms with Crippen LogP contribution in [0.2, 0.25) is 0 Å². The summed E-state index contributed by atoms with van der Waals surface area (Å²) in [5.74, 6) is 0.0517. The van der Waals surface area contributed by atoms with Gasteiger partial charge in [0.1, 0.15) is 11.7 Å². The number of hydrogen-bond acceptors (Lipinski definition) is 3. The first-order valence-electron chi connectivity index (χ1n) is 7.32. The summed E-state index contributed by atoms with van der Waals surface area (Å²) in [6.07, 6.45) is 0. The number of halogens is 1. The second kappa shape index (κ2) is 6.42. The van der Waals surface area contributed by atoms with Crippen LogP contribution >= 0.6 is 11.3 Å². The maximum atomic E-state index is 12.6. The molecule has 23 heavy (non-hydrogen) atoms. The van der Waals surface area contributed by atoms with E-state index in [1.807, 2.05) is 43.3 Å². The number of benzene rings is 2. The van der Waals surface area contributed by atoms with Gasteiger partial charge in [0.15, 0.2) is 5.78 Å². The largest absolute Gasteiger partial charge is 0.294 e. The number of aryl methyl sites for hydroxylation is 1. The lowest BCUT2D eigenvalue weighted by Gasteiger charge is -2.04. The fraction of sp³-hybridized carbons (Fsp3) is 0.158. The maximum Gasteiger partial charge on any atom is 0.171 e. The molecule has 4 heteroatoms. The second-order valence-corrected chi connectivity index (χ2v) is 6.40. The molecule has 0 saturated carbocycles. The highest BCUT2D eigenvalue weighted by Gasteiger charge is 2.12. The molecule has 1 aromatic heterocycles. The van der Waals surface area contributed by atoms with E-state index < -0.39 is 6.67 Å². The number of alkyl halides is 1. The van der Waals surface area contributed by atoms with Gasteiger partial charge in [-0.05, 0) is 23.6 Å². The first-order chi connectivity index (χ1) is 11.1. The smallest absolute Gasteiger partial charge is 0.171 e. The SMILES string of the molecule is CC(=O)c1sc(-c2ccc(-c3ccc(CF)cc3)cc2)nc1C. The van der Waals surface area contributed by atoms with E-state index in [9.17, 15) is 9.18 Å². The summed E-state index contributed by atoms with van der Waals surface area (Å²) < 4.78 is 12.6. The quantitative estimate of drug-likeness (QED) is 0.596. The molecule has 0 aliphatic heterocycles. The standard InChI is InChI=1S/C19H16FNOS/c1-12-18(13(2)22)23-19(21-12)17-9-7-16(8-10-17)15-5-3-14(11-20)4-6-15/h3-10H,11H2,1-2H3. The molecular weight excluding hydrogens is 309 g/mol. The molecular formula is C19H16FNOS. The molecule has 0 fully saturated rings. The number of nitrogens with zero attached hydrogens (tertiary/aromatic N) is 1. The van der Waals surface area contributed by atoms with Gasteiger partial charge in [0.05, 0.1) is 10.6 Å². The normalized spacial score (nSPS) is 10.7. The third-order valence-electron chi connectivity index (χ3n) is 3.69. The Labute approximate surface area is 138 Å². The van der Waals surface area contributed by atoms with Gasteiger partial charge in [0, 0.05) is 12.5 Å². The van der Waals surface area contributed by atoms with E-state index in [1.165, 1.54) is 11.3 Å². The van der Waals surface area contributed by atoms with Gasteiger partial charge in [0.2, 0.25) is 0 Å². The van der Waals surface area contributed by atoms with Crippen molar-refractivity contribution in [3.05, 3.63) is 64.7 Å². The lowest BCUT2D eigenvalue weighted by Crippen LogP contribution is -1.89. The molecule has 0 amide bonds. The Morgan fingerprint density at radius 2 is 1.52 bits per heavy atom. The van der Waals surface area contributed by atoms with E-state index in [0.717, 1.165) is 27.4 Å². The van der Waals surface area contributed by atoms with Crippen molar-refractivity contribution in [1.29, 1.82) is 0 Å². The Hall–Kier alpha value is -2.33. The molecule has 1 heterocycles. The van der Waals surface area contributed by atoms with Crippen molar-refractivity contribution in [3.8, 4) is 21.7 Å². The van der Waals surface area contributed by atoms with Crippen molar-refractivity contribution in [2.75, 3.05) is 0 Å². The summed E-state index contributed by atoms with van der Waals surface area (Å²) in [5, 5.41) is 0.854. The lowest BCUT2D eigenvalue weighted by molar-refractivity contribution is 0.102. The first-order valence-corrected chi connectivity index (χ1v) is 8.14. The van der Waals surface area contributed by atoms with Crippen molar-refractivity contribution in [2.24, 2.45) is 0 Å². The van der Waals surface area contributed by atoms with Crippen molar-refractivity contribution in [1.82, 2.24) is 4.98 Å². The lowest BCUT2D eigenvalue weighted by atomic mass is 10.0. The van der Waals surface area contributed by atoms with Crippen molar-refractivity contribution in [2.45, 2.75) is 20.5 Å². The number of carbonyl (C=O) groups excluding carboxylic acids is 1. The van der Waals surface area contributed by atoms with Crippen molar-refractivity contribution >= 4 is 17.1 Å². The molecule has 0 bridgehead atoms. The number of carbonyl (C=O) groups is 1. The van der Waals surface area contributed by atoms with Crippen molar-refractivity contribution < 1.29 is 9.18 Å². The molecule has 0 atom stereocenters. The highest BCUT2D eigenvalue weighted by molar-refractivity contribution is 7.17. The van der Waals surface area contributed by atoms with Gasteiger partial charge in [-0.25, -0.2) is 9.37 Å². The van der Waals surface area contributed by atoms with Crippen LogP contribution in [0.15, 0.2) is 48.5 Å². The summed E-state index contributed by atoms with van der Waals surface area (Å²) in [4.78, 5) is 16.7. The van der Waals surface area contributed by atoms with Crippen molar-refractivity contribution in [3.63, 3.8) is 0 Å². The van der Waals surface area contributed by atoms with Gasteiger partial charge in [0.25, 0.3) is 0 Å². The van der Waals surface area contributed by atoms with Crippen LogP contribution in [0, 0.1) is 6.92 Å². The summed E-state index contributed by atoms with van der Waals surface area (Å²) >= 11 is 1.42. The number of aromatic nitrogens is 1. The van der Waals surface area contributed by atoms with E-state index >= 15 is 0 Å². The molecule has 2 aromatic carbocycles. The van der Waals surface area contributed by atoms with Crippen LogP contribution in [-0.2, 0) is 6.67 Å². The molecule has 2 nitrogen and oxygen atoms in total. The van der Waals surface area contributed by atoms with Crippen LogP contribution < -0.4 is 0 Å². The van der Waals surface area contributed by atoms with Gasteiger partial charge in [-0.15, -0.1) is 11.3 Å². The van der Waals surface area contributed by atoms with E-state index in [1.54, 1.807) is 19.1 Å². The van der Waals surface area contributed by atoms with Crippen LogP contribution in [0.5, 0.6) is 0 Å². The molecule has 0 aliphatic carbocycles. The summed E-state index contributed by atoms with van der Waals surface area (Å²) in [5.41, 5.74) is 4.58. The zero-order valence-corrected chi connectivity index (χ0v) is 13.8. The maximum absolute atomic E-state index is 12.6. The Kier molecular flexibility index (Phi) is 4.35. The Morgan fingerprint density at radius 3 is 2.00 bits per heavy atom. The van der Waals surface area contributed by atoms with Crippen LogP contribution in [0.3, 0.4) is 0 Å². The zero-order valence-electron chi connectivity index (χ0n) is 13.0. The number of ketones is 1. The molecule has 3 aromatic rings. The molecule has 0 radical (unpaired) electrons. The third kappa shape index (κ3) is 3.22. The minimum absolute atomic E-state index is 0.0517. The average molecular weight is 325 g/mol. The highest BCUT2D eigenvalue weighted by Crippen LogP contribution is 2.30. The topological polar surface area (TPSA) is 30.0 Å². The zero-order chi connectivity index (χ0) is 16.4. The Bertz CT molecular complexity index is 835. The van der Waals surface area contributed by atoms with Gasteiger partial charge >= 0.3 is 0 Å². The molecule has 0 saturated heterocycles. The molecule has 3 rings (SSSR count). The first kappa shape index (κ1) is 15.6. The minimum Gasteiger partial charge on any atom is -0.294 e. The summed E-state index contributed by atoms with van der Waals surface area (Å²) in [6, 6.07) is 15.5. The summed E-state index contributed by atoms with van der Waals surface area (Å²) in [7, 11) is 0. The van der Waals surface area contributed by atoms with Gasteiger partial charge < -0.3 is 0 Å². The average Bonchev–Trinajstić information content (AvgIpc) is 2.97. The number of thiazole rings is 1. The van der Waals surface area contributed by atoms with Gasteiger partial charge in [-0.1, -0.05) is 48.5 Å². The van der Waals surface area contributed by atoms with E-state index in [4.69, 9.17) is 0 Å². The van der Waals surface area contributed by atoms with Gasteiger partial charge in [-0.3, -0.25) is 4.79 Å². The predicted molar refractivity (Wildman–Crippen MR) is 92.5 cm³/mol. The van der Waals surface area contributed by atoms with E-state index in [-0.39, 0.29) is 5.78 Å². The number of Topliss-reactive ketones (excluding diaryl/α,β-unsaturated/α-hetero) is 1. The molecule has 0 N–H and O–H groups in total. The fourth-order valence-corrected chi connectivity index (χ4v) is 3.41. The predicted octanol–water partition coefficient (Wildman–Crippen LogP) is 5.46. The van der Waals surface area contributed by atoms with Crippen LogP contribution in [-0.4, -0.2) is 10.8 Å². The fourth-order valence-electron chi connectivity index (χ4n) is 2.44. The highest BCUT2D eigenvalue weighted by atomic mass is 32.1.